The third kappa shape index (κ3) is 2.13. The highest BCUT2D eigenvalue weighted by molar-refractivity contribution is 5.01. The van der Waals surface area contributed by atoms with E-state index in [4.69, 9.17) is 9.47 Å². The van der Waals surface area contributed by atoms with Gasteiger partial charge in [0.15, 0.2) is 0 Å². The number of hydrogen-bond acceptors (Lipinski definition) is 3. The Bertz CT molecular complexity index is 235. The van der Waals surface area contributed by atoms with Gasteiger partial charge in [-0.15, -0.1) is 0 Å². The fraction of sp³-hybridized carbons (Fsp3) is 1.00. The number of aliphatic hydroxyl groups excluding tert-OH is 1. The van der Waals surface area contributed by atoms with Gasteiger partial charge in [0.1, 0.15) is 0 Å². The molecule has 3 atom stereocenters. The molecule has 96 valence electrons. The minimum absolute atomic E-state index is 0.0365. The van der Waals surface area contributed by atoms with Gasteiger partial charge in [0.2, 0.25) is 0 Å². The predicted octanol–water partition coefficient (Wildman–Crippen LogP) is 2.22. The standard InChI is InChI=1S/C13H26O3/c1-7-15-11-12(3,4)9(2)16-10(8-14)13(11,5)6/h9-11,14H,7-8H2,1-6H3. The zero-order valence-corrected chi connectivity index (χ0v) is 11.4. The summed E-state index contributed by atoms with van der Waals surface area (Å²) in [7, 11) is 0. The van der Waals surface area contributed by atoms with Crippen molar-refractivity contribution in [3.8, 4) is 0 Å². The summed E-state index contributed by atoms with van der Waals surface area (Å²) in [5, 5.41) is 9.42. The summed E-state index contributed by atoms with van der Waals surface area (Å²) < 4.78 is 11.8. The maximum absolute atomic E-state index is 9.42. The Morgan fingerprint density at radius 3 is 2.19 bits per heavy atom. The van der Waals surface area contributed by atoms with E-state index in [2.05, 4.69) is 34.6 Å². The molecule has 0 amide bonds. The zero-order chi connectivity index (χ0) is 12.6. The summed E-state index contributed by atoms with van der Waals surface area (Å²) in [6, 6.07) is 0. The van der Waals surface area contributed by atoms with Crippen molar-refractivity contribution < 1.29 is 14.6 Å². The van der Waals surface area contributed by atoms with Crippen LogP contribution in [0.1, 0.15) is 41.5 Å². The summed E-state index contributed by atoms with van der Waals surface area (Å²) in [4.78, 5) is 0. The Balaban J connectivity index is 3.02. The fourth-order valence-electron chi connectivity index (χ4n) is 2.81. The van der Waals surface area contributed by atoms with Gasteiger partial charge in [-0.3, -0.25) is 0 Å². The molecule has 0 aromatic carbocycles. The van der Waals surface area contributed by atoms with Crippen molar-refractivity contribution in [2.45, 2.75) is 59.9 Å². The second kappa shape index (κ2) is 4.63. The quantitative estimate of drug-likeness (QED) is 0.808. The number of aliphatic hydroxyl groups is 1. The fourth-order valence-corrected chi connectivity index (χ4v) is 2.81. The van der Waals surface area contributed by atoms with Gasteiger partial charge in [0.05, 0.1) is 24.9 Å². The second-order valence-corrected chi connectivity index (χ2v) is 5.93. The van der Waals surface area contributed by atoms with Gasteiger partial charge in [0.25, 0.3) is 0 Å². The number of hydrogen-bond donors (Lipinski definition) is 1. The van der Waals surface area contributed by atoms with Crippen molar-refractivity contribution >= 4 is 0 Å². The average Bonchev–Trinajstić information content (AvgIpc) is 2.19. The lowest BCUT2D eigenvalue weighted by Crippen LogP contribution is -2.61. The molecule has 1 heterocycles. The maximum atomic E-state index is 9.42. The molecule has 1 N–H and O–H groups in total. The molecular weight excluding hydrogens is 204 g/mol. The van der Waals surface area contributed by atoms with E-state index in [1.54, 1.807) is 0 Å². The summed E-state index contributed by atoms with van der Waals surface area (Å²) >= 11 is 0. The summed E-state index contributed by atoms with van der Waals surface area (Å²) in [6.45, 7) is 13.4. The molecule has 1 aliphatic heterocycles. The van der Waals surface area contributed by atoms with E-state index in [-0.39, 0.29) is 35.7 Å². The van der Waals surface area contributed by atoms with Crippen molar-refractivity contribution in [2.75, 3.05) is 13.2 Å². The smallest absolute Gasteiger partial charge is 0.0885 e. The molecule has 0 spiro atoms. The topological polar surface area (TPSA) is 38.7 Å². The Morgan fingerprint density at radius 1 is 1.19 bits per heavy atom. The minimum Gasteiger partial charge on any atom is -0.394 e. The first-order chi connectivity index (χ1) is 7.28. The van der Waals surface area contributed by atoms with E-state index >= 15 is 0 Å². The van der Waals surface area contributed by atoms with E-state index in [1.165, 1.54) is 0 Å². The van der Waals surface area contributed by atoms with Gasteiger partial charge in [-0.25, -0.2) is 0 Å². The van der Waals surface area contributed by atoms with Crippen LogP contribution in [0, 0.1) is 10.8 Å². The lowest BCUT2D eigenvalue weighted by molar-refractivity contribution is -0.253. The molecule has 1 saturated heterocycles. The molecule has 1 fully saturated rings. The van der Waals surface area contributed by atoms with Gasteiger partial charge in [0, 0.05) is 17.4 Å². The van der Waals surface area contributed by atoms with E-state index in [1.807, 2.05) is 6.92 Å². The third-order valence-electron chi connectivity index (χ3n) is 4.10. The first-order valence-corrected chi connectivity index (χ1v) is 6.16. The van der Waals surface area contributed by atoms with Crippen molar-refractivity contribution in [1.82, 2.24) is 0 Å². The Hall–Kier alpha value is -0.120. The highest BCUT2D eigenvalue weighted by atomic mass is 16.5. The molecule has 3 heteroatoms. The van der Waals surface area contributed by atoms with E-state index in [9.17, 15) is 5.11 Å². The minimum atomic E-state index is -0.166. The molecular formula is C13H26O3. The highest BCUT2D eigenvalue weighted by Crippen LogP contribution is 2.47. The molecule has 0 aromatic rings. The second-order valence-electron chi connectivity index (χ2n) is 5.93. The van der Waals surface area contributed by atoms with Crippen LogP contribution in [0.15, 0.2) is 0 Å². The Kier molecular flexibility index (Phi) is 4.04. The van der Waals surface area contributed by atoms with Gasteiger partial charge >= 0.3 is 0 Å². The molecule has 0 aliphatic carbocycles. The molecule has 0 aromatic heterocycles. The number of ether oxygens (including phenoxy) is 2. The molecule has 1 rings (SSSR count). The zero-order valence-electron chi connectivity index (χ0n) is 11.4. The van der Waals surface area contributed by atoms with Crippen LogP contribution in [0.5, 0.6) is 0 Å². The van der Waals surface area contributed by atoms with E-state index in [0.29, 0.717) is 6.61 Å². The summed E-state index contributed by atoms with van der Waals surface area (Å²) in [5.74, 6) is 0. The molecule has 16 heavy (non-hydrogen) atoms. The predicted molar refractivity (Wildman–Crippen MR) is 64.4 cm³/mol. The molecule has 1 aliphatic rings. The van der Waals surface area contributed by atoms with Gasteiger partial charge in [-0.1, -0.05) is 27.7 Å². The molecule has 3 unspecified atom stereocenters. The molecule has 0 saturated carbocycles. The van der Waals surface area contributed by atoms with E-state index < -0.39 is 0 Å². The van der Waals surface area contributed by atoms with Crippen molar-refractivity contribution in [3.63, 3.8) is 0 Å². The number of rotatable bonds is 3. The van der Waals surface area contributed by atoms with Gasteiger partial charge < -0.3 is 14.6 Å². The van der Waals surface area contributed by atoms with Gasteiger partial charge in [-0.05, 0) is 13.8 Å². The normalized spacial score (nSPS) is 37.3. The first-order valence-electron chi connectivity index (χ1n) is 6.16. The van der Waals surface area contributed by atoms with Gasteiger partial charge in [-0.2, -0.15) is 0 Å². The summed E-state index contributed by atoms with van der Waals surface area (Å²) in [5.41, 5.74) is -0.202. The maximum Gasteiger partial charge on any atom is 0.0885 e. The molecule has 3 nitrogen and oxygen atoms in total. The van der Waals surface area contributed by atoms with Crippen LogP contribution in [0.3, 0.4) is 0 Å². The van der Waals surface area contributed by atoms with Crippen LogP contribution in [0.2, 0.25) is 0 Å². The summed E-state index contributed by atoms with van der Waals surface area (Å²) in [6.07, 6.45) is 0.0483. The lowest BCUT2D eigenvalue weighted by atomic mass is 9.64. The van der Waals surface area contributed by atoms with Crippen molar-refractivity contribution in [3.05, 3.63) is 0 Å². The van der Waals surface area contributed by atoms with Crippen LogP contribution in [0.25, 0.3) is 0 Å². The monoisotopic (exact) mass is 230 g/mol. The molecule has 0 bridgehead atoms. The van der Waals surface area contributed by atoms with Crippen molar-refractivity contribution in [2.24, 2.45) is 10.8 Å². The average molecular weight is 230 g/mol. The van der Waals surface area contributed by atoms with Crippen LogP contribution in [-0.2, 0) is 9.47 Å². The van der Waals surface area contributed by atoms with Crippen LogP contribution >= 0.6 is 0 Å². The largest absolute Gasteiger partial charge is 0.394 e. The first kappa shape index (κ1) is 13.9. The molecule has 0 radical (unpaired) electrons. The van der Waals surface area contributed by atoms with Crippen LogP contribution in [-0.4, -0.2) is 36.6 Å². The van der Waals surface area contributed by atoms with E-state index in [0.717, 1.165) is 0 Å². The van der Waals surface area contributed by atoms with Crippen LogP contribution in [0.4, 0.5) is 0 Å². The van der Waals surface area contributed by atoms with Crippen LogP contribution < -0.4 is 0 Å². The Labute approximate surface area is 99.1 Å². The van der Waals surface area contributed by atoms with Crippen molar-refractivity contribution in [1.29, 1.82) is 0 Å². The third-order valence-corrected chi connectivity index (χ3v) is 4.10. The SMILES string of the molecule is CCOC1C(C)(C)C(C)OC(CO)C1(C)C. The Morgan fingerprint density at radius 2 is 1.75 bits per heavy atom. The highest BCUT2D eigenvalue weighted by Gasteiger charge is 2.53. The lowest BCUT2D eigenvalue weighted by Gasteiger charge is -2.55.